The number of rotatable bonds is 4. The Morgan fingerprint density at radius 2 is 2.32 bits per heavy atom. The Labute approximate surface area is 111 Å². The van der Waals surface area contributed by atoms with Crippen LogP contribution < -0.4 is 5.32 Å². The number of nitrogens with zero attached hydrogens (tertiary/aromatic N) is 2. The summed E-state index contributed by atoms with van der Waals surface area (Å²) in [6.45, 7) is 1.51. The molecule has 19 heavy (non-hydrogen) atoms. The minimum atomic E-state index is -3.73. The van der Waals surface area contributed by atoms with Crippen molar-refractivity contribution < 1.29 is 13.3 Å². The Hall–Kier alpha value is -1.54. The van der Waals surface area contributed by atoms with E-state index in [2.05, 4.69) is 10.3 Å². The van der Waals surface area contributed by atoms with Crippen LogP contribution in [0.5, 0.6) is 0 Å². The van der Waals surface area contributed by atoms with Gasteiger partial charge in [0, 0.05) is 12.3 Å². The molecule has 1 N–H and O–H groups in total. The van der Waals surface area contributed by atoms with E-state index in [9.17, 15) is 18.5 Å². The quantitative estimate of drug-likeness (QED) is 0.647. The van der Waals surface area contributed by atoms with Crippen LogP contribution in [0.1, 0.15) is 12.8 Å². The van der Waals surface area contributed by atoms with E-state index in [-0.39, 0.29) is 11.7 Å². The van der Waals surface area contributed by atoms with Crippen molar-refractivity contribution in [1.82, 2.24) is 10.3 Å². The molecular weight excluding hydrogens is 270 g/mol. The summed E-state index contributed by atoms with van der Waals surface area (Å²) in [7, 11) is -3.73. The molecule has 7 nitrogen and oxygen atoms in total. The van der Waals surface area contributed by atoms with Crippen LogP contribution in [-0.4, -0.2) is 37.2 Å². The largest absolute Gasteiger partial charge is 0.316 e. The fraction of sp³-hybridized carbons (Fsp3) is 0.545. The highest BCUT2D eigenvalue weighted by Crippen LogP contribution is 2.24. The van der Waals surface area contributed by atoms with E-state index in [1.165, 1.54) is 18.3 Å². The third-order valence-electron chi connectivity index (χ3n) is 3.10. The van der Waals surface area contributed by atoms with Crippen molar-refractivity contribution >= 4 is 15.5 Å². The molecule has 1 atom stereocenters. The molecular formula is C11H15N3O4S. The molecule has 1 aromatic heterocycles. The van der Waals surface area contributed by atoms with E-state index in [1.807, 2.05) is 0 Å². The van der Waals surface area contributed by atoms with E-state index in [0.29, 0.717) is 6.54 Å². The molecule has 1 aromatic rings. The number of hydrogen-bond acceptors (Lipinski definition) is 6. The topological polar surface area (TPSA) is 102 Å². The van der Waals surface area contributed by atoms with Gasteiger partial charge in [0.25, 0.3) is 0 Å². The van der Waals surface area contributed by atoms with Gasteiger partial charge >= 0.3 is 5.69 Å². The van der Waals surface area contributed by atoms with Crippen molar-refractivity contribution in [3.8, 4) is 0 Å². The molecule has 0 aliphatic carbocycles. The highest BCUT2D eigenvalue weighted by molar-refractivity contribution is 7.91. The van der Waals surface area contributed by atoms with Gasteiger partial charge in [-0.05, 0) is 37.9 Å². The second-order valence-electron chi connectivity index (χ2n) is 4.58. The third-order valence-corrected chi connectivity index (χ3v) is 4.91. The molecule has 2 heterocycles. The summed E-state index contributed by atoms with van der Waals surface area (Å²) in [5.74, 6) is -0.113. The summed E-state index contributed by atoms with van der Waals surface area (Å²) in [6.07, 6.45) is 3.00. The Morgan fingerprint density at radius 3 is 2.95 bits per heavy atom. The Morgan fingerprint density at radius 1 is 1.53 bits per heavy atom. The van der Waals surface area contributed by atoms with E-state index < -0.39 is 25.5 Å². The molecule has 1 saturated heterocycles. The zero-order chi connectivity index (χ0) is 13.9. The van der Waals surface area contributed by atoms with Crippen LogP contribution in [-0.2, 0) is 9.84 Å². The number of nitrogens with one attached hydrogen (secondary N) is 1. The van der Waals surface area contributed by atoms with Gasteiger partial charge in [-0.15, -0.1) is 0 Å². The van der Waals surface area contributed by atoms with Crippen molar-refractivity contribution in [2.24, 2.45) is 5.92 Å². The molecule has 0 spiro atoms. The molecule has 0 bridgehead atoms. The summed E-state index contributed by atoms with van der Waals surface area (Å²) in [6, 6.07) is 2.53. The predicted molar refractivity (Wildman–Crippen MR) is 68.5 cm³/mol. The van der Waals surface area contributed by atoms with Crippen molar-refractivity contribution in [3.63, 3.8) is 0 Å². The zero-order valence-electron chi connectivity index (χ0n) is 10.3. The molecule has 1 fully saturated rings. The number of nitro groups is 1. The lowest BCUT2D eigenvalue weighted by Gasteiger charge is -2.22. The van der Waals surface area contributed by atoms with E-state index in [4.69, 9.17) is 0 Å². The van der Waals surface area contributed by atoms with Gasteiger partial charge in [0.1, 0.15) is 0 Å². The number of aromatic nitrogens is 1. The molecule has 104 valence electrons. The first kappa shape index (κ1) is 13.9. The number of hydrogen-bond donors (Lipinski definition) is 1. The van der Waals surface area contributed by atoms with Gasteiger partial charge in [-0.3, -0.25) is 10.1 Å². The molecule has 1 aliphatic rings. The van der Waals surface area contributed by atoms with Crippen LogP contribution in [0.3, 0.4) is 0 Å². The SMILES string of the molecule is O=[N+]([O-])c1cccnc1S(=O)(=O)C[C@H]1CCCNC1. The van der Waals surface area contributed by atoms with E-state index in [0.717, 1.165) is 19.4 Å². The number of sulfone groups is 1. The molecule has 0 saturated carbocycles. The lowest BCUT2D eigenvalue weighted by atomic mass is 10.0. The van der Waals surface area contributed by atoms with Gasteiger partial charge in [0.05, 0.1) is 10.7 Å². The van der Waals surface area contributed by atoms with Crippen molar-refractivity contribution in [1.29, 1.82) is 0 Å². The zero-order valence-corrected chi connectivity index (χ0v) is 11.1. The lowest BCUT2D eigenvalue weighted by Crippen LogP contribution is -2.34. The van der Waals surface area contributed by atoms with Crippen LogP contribution >= 0.6 is 0 Å². The normalized spacial score (nSPS) is 20.1. The van der Waals surface area contributed by atoms with Crippen LogP contribution in [0, 0.1) is 16.0 Å². The summed E-state index contributed by atoms with van der Waals surface area (Å²) >= 11 is 0. The van der Waals surface area contributed by atoms with Crippen LogP contribution in [0.2, 0.25) is 0 Å². The molecule has 0 unspecified atom stereocenters. The van der Waals surface area contributed by atoms with Gasteiger partial charge < -0.3 is 5.32 Å². The molecule has 8 heteroatoms. The standard InChI is InChI=1S/C11H15N3O4S/c15-14(16)10-4-2-6-13-11(10)19(17,18)8-9-3-1-5-12-7-9/h2,4,6,9,12H,1,3,5,7-8H2/t9-/m0/s1. The van der Waals surface area contributed by atoms with Crippen molar-refractivity contribution in [2.75, 3.05) is 18.8 Å². The molecule has 0 aromatic carbocycles. The molecule has 0 radical (unpaired) electrons. The van der Waals surface area contributed by atoms with Gasteiger partial charge in [0.15, 0.2) is 0 Å². The van der Waals surface area contributed by atoms with Gasteiger partial charge in [0.2, 0.25) is 14.9 Å². The first-order valence-corrected chi connectivity index (χ1v) is 7.69. The Kier molecular flexibility index (Phi) is 4.11. The highest BCUT2D eigenvalue weighted by atomic mass is 32.2. The lowest BCUT2D eigenvalue weighted by molar-refractivity contribution is -0.388. The van der Waals surface area contributed by atoms with Gasteiger partial charge in [-0.1, -0.05) is 0 Å². The van der Waals surface area contributed by atoms with Crippen LogP contribution in [0.25, 0.3) is 0 Å². The molecule has 1 aliphatic heterocycles. The summed E-state index contributed by atoms with van der Waals surface area (Å²) in [5, 5.41) is 13.6. The molecule has 2 rings (SSSR count). The monoisotopic (exact) mass is 285 g/mol. The minimum absolute atomic E-state index is 0.0136. The van der Waals surface area contributed by atoms with Crippen molar-refractivity contribution in [2.45, 2.75) is 17.9 Å². The Balaban J connectivity index is 2.26. The first-order valence-electron chi connectivity index (χ1n) is 6.03. The number of piperidine rings is 1. The fourth-order valence-electron chi connectivity index (χ4n) is 2.22. The smallest absolute Gasteiger partial charge is 0.306 e. The maximum atomic E-state index is 12.2. The predicted octanol–water partition coefficient (Wildman–Crippen LogP) is 0.763. The van der Waals surface area contributed by atoms with E-state index in [1.54, 1.807) is 0 Å². The summed E-state index contributed by atoms with van der Waals surface area (Å²) in [5.41, 5.74) is -0.453. The maximum absolute atomic E-state index is 12.2. The summed E-state index contributed by atoms with van der Waals surface area (Å²) in [4.78, 5) is 13.8. The maximum Gasteiger partial charge on any atom is 0.306 e. The second kappa shape index (κ2) is 5.62. The van der Waals surface area contributed by atoms with Gasteiger partial charge in [-0.25, -0.2) is 13.4 Å². The minimum Gasteiger partial charge on any atom is -0.316 e. The average molecular weight is 285 g/mol. The van der Waals surface area contributed by atoms with Crippen LogP contribution in [0.4, 0.5) is 5.69 Å². The first-order chi connectivity index (χ1) is 9.00. The van der Waals surface area contributed by atoms with Crippen molar-refractivity contribution in [3.05, 3.63) is 28.4 Å². The molecule has 0 amide bonds. The Bertz CT molecular complexity index is 567. The van der Waals surface area contributed by atoms with Crippen LogP contribution in [0.15, 0.2) is 23.4 Å². The number of pyridine rings is 1. The third kappa shape index (κ3) is 3.27. The van der Waals surface area contributed by atoms with Gasteiger partial charge in [-0.2, -0.15) is 0 Å². The van der Waals surface area contributed by atoms with E-state index >= 15 is 0 Å². The highest BCUT2D eigenvalue weighted by Gasteiger charge is 2.30. The second-order valence-corrected chi connectivity index (χ2v) is 6.53. The average Bonchev–Trinajstić information content (AvgIpc) is 2.39. The fourth-order valence-corrected chi connectivity index (χ4v) is 3.96. The summed E-state index contributed by atoms with van der Waals surface area (Å²) < 4.78 is 24.5.